The van der Waals surface area contributed by atoms with Gasteiger partial charge in [-0.15, -0.1) is 0 Å². The van der Waals surface area contributed by atoms with E-state index in [1.807, 2.05) is 0 Å². The molecule has 1 atom stereocenters. The van der Waals surface area contributed by atoms with Gasteiger partial charge in [-0.05, 0) is 50.9 Å². The number of rotatable bonds is 4. The summed E-state index contributed by atoms with van der Waals surface area (Å²) in [5, 5.41) is 3.78. The first-order chi connectivity index (χ1) is 7.44. The fourth-order valence-electron chi connectivity index (χ4n) is 2.87. The highest BCUT2D eigenvalue weighted by Gasteiger charge is 2.45. The van der Waals surface area contributed by atoms with E-state index in [1.165, 1.54) is 25.8 Å². The van der Waals surface area contributed by atoms with Gasteiger partial charge in [0.2, 0.25) is 0 Å². The first kappa shape index (κ1) is 12.4. The van der Waals surface area contributed by atoms with Gasteiger partial charge in [0.15, 0.2) is 0 Å². The average molecular weight is 225 g/mol. The van der Waals surface area contributed by atoms with E-state index in [0.717, 1.165) is 18.9 Å². The van der Waals surface area contributed by atoms with Gasteiger partial charge in [-0.3, -0.25) is 0 Å². The highest BCUT2D eigenvalue weighted by Crippen LogP contribution is 2.51. The van der Waals surface area contributed by atoms with Crippen molar-refractivity contribution < 1.29 is 4.74 Å². The minimum absolute atomic E-state index is 0.0739. The summed E-state index contributed by atoms with van der Waals surface area (Å²) in [5.41, 5.74) is 0.701. The van der Waals surface area contributed by atoms with E-state index in [4.69, 9.17) is 4.74 Å². The number of ether oxygens (including phenoxy) is 1. The second kappa shape index (κ2) is 4.30. The Balaban J connectivity index is 1.78. The van der Waals surface area contributed by atoms with Gasteiger partial charge in [-0.25, -0.2) is 0 Å². The van der Waals surface area contributed by atoms with Gasteiger partial charge in [0, 0.05) is 19.2 Å². The van der Waals surface area contributed by atoms with Crippen LogP contribution < -0.4 is 5.32 Å². The summed E-state index contributed by atoms with van der Waals surface area (Å²) in [4.78, 5) is 0. The summed E-state index contributed by atoms with van der Waals surface area (Å²) < 4.78 is 5.75. The number of hydrogen-bond acceptors (Lipinski definition) is 2. The third-order valence-electron chi connectivity index (χ3n) is 4.56. The Morgan fingerprint density at radius 3 is 2.50 bits per heavy atom. The van der Waals surface area contributed by atoms with Gasteiger partial charge in [0.1, 0.15) is 0 Å². The maximum atomic E-state index is 5.75. The molecule has 1 saturated heterocycles. The summed E-state index contributed by atoms with van der Waals surface area (Å²) in [7, 11) is 0. The predicted molar refractivity (Wildman–Crippen MR) is 67.6 cm³/mol. The summed E-state index contributed by atoms with van der Waals surface area (Å²) in [6, 6.07) is 0.667. The third-order valence-corrected chi connectivity index (χ3v) is 4.56. The lowest BCUT2D eigenvalue weighted by Gasteiger charge is -2.37. The second-order valence-corrected chi connectivity index (χ2v) is 6.70. The van der Waals surface area contributed by atoms with Crippen molar-refractivity contribution in [2.45, 2.75) is 65.0 Å². The van der Waals surface area contributed by atoms with E-state index in [2.05, 4.69) is 33.0 Å². The predicted octanol–water partition coefficient (Wildman–Crippen LogP) is 2.97. The van der Waals surface area contributed by atoms with Gasteiger partial charge in [-0.2, -0.15) is 0 Å². The standard InChI is InChI=1S/C14H27NO/c1-11(2)14(6-7-14)10-15-12-5-8-16-13(3,4)9-12/h11-12,15H,5-10H2,1-4H3. The zero-order valence-corrected chi connectivity index (χ0v) is 11.3. The lowest BCUT2D eigenvalue weighted by molar-refractivity contribution is -0.0635. The topological polar surface area (TPSA) is 21.3 Å². The molecule has 2 rings (SSSR count). The molecule has 0 amide bonds. The minimum Gasteiger partial charge on any atom is -0.375 e. The Bertz CT molecular complexity index is 243. The Morgan fingerprint density at radius 1 is 1.31 bits per heavy atom. The fourth-order valence-corrected chi connectivity index (χ4v) is 2.87. The molecule has 1 saturated carbocycles. The highest BCUT2D eigenvalue weighted by molar-refractivity contribution is 4.98. The molecule has 0 aromatic rings. The van der Waals surface area contributed by atoms with E-state index >= 15 is 0 Å². The van der Waals surface area contributed by atoms with E-state index in [1.54, 1.807) is 0 Å². The van der Waals surface area contributed by atoms with Crippen LogP contribution in [0.5, 0.6) is 0 Å². The maximum absolute atomic E-state index is 5.75. The lowest BCUT2D eigenvalue weighted by Crippen LogP contribution is -2.45. The largest absolute Gasteiger partial charge is 0.375 e. The van der Waals surface area contributed by atoms with E-state index in [0.29, 0.717) is 11.5 Å². The van der Waals surface area contributed by atoms with E-state index in [-0.39, 0.29) is 5.60 Å². The molecular formula is C14H27NO. The average Bonchev–Trinajstić information content (AvgIpc) is 2.94. The van der Waals surface area contributed by atoms with Crippen LogP contribution in [0, 0.1) is 11.3 Å². The zero-order chi connectivity index (χ0) is 11.8. The molecule has 0 radical (unpaired) electrons. The van der Waals surface area contributed by atoms with Crippen LogP contribution in [-0.2, 0) is 4.74 Å². The molecular weight excluding hydrogens is 198 g/mol. The molecule has 2 heteroatoms. The van der Waals surface area contributed by atoms with E-state index < -0.39 is 0 Å². The van der Waals surface area contributed by atoms with Crippen LogP contribution in [0.4, 0.5) is 0 Å². The van der Waals surface area contributed by atoms with E-state index in [9.17, 15) is 0 Å². The van der Waals surface area contributed by atoms with Crippen molar-refractivity contribution in [2.75, 3.05) is 13.2 Å². The van der Waals surface area contributed by atoms with Crippen molar-refractivity contribution in [3.8, 4) is 0 Å². The molecule has 2 aliphatic rings. The van der Waals surface area contributed by atoms with Crippen LogP contribution in [0.25, 0.3) is 0 Å². The molecule has 94 valence electrons. The van der Waals surface area contributed by atoms with Crippen molar-refractivity contribution in [3.63, 3.8) is 0 Å². The monoisotopic (exact) mass is 225 g/mol. The lowest BCUT2D eigenvalue weighted by atomic mass is 9.90. The van der Waals surface area contributed by atoms with Crippen LogP contribution in [0.15, 0.2) is 0 Å². The molecule has 0 aromatic carbocycles. The molecule has 1 heterocycles. The SMILES string of the molecule is CC(C)C1(CNC2CCOC(C)(C)C2)CC1. The second-order valence-electron chi connectivity index (χ2n) is 6.70. The molecule has 1 N–H and O–H groups in total. The normalized spacial score (nSPS) is 31.7. The maximum Gasteiger partial charge on any atom is 0.0641 e. The van der Waals surface area contributed by atoms with Crippen LogP contribution in [0.2, 0.25) is 0 Å². The van der Waals surface area contributed by atoms with Gasteiger partial charge >= 0.3 is 0 Å². The van der Waals surface area contributed by atoms with Crippen LogP contribution >= 0.6 is 0 Å². The van der Waals surface area contributed by atoms with Crippen molar-refractivity contribution in [2.24, 2.45) is 11.3 Å². The molecule has 0 aromatic heterocycles. The Hall–Kier alpha value is -0.0800. The molecule has 1 aliphatic carbocycles. The Labute approximate surface area is 100 Å². The van der Waals surface area contributed by atoms with Gasteiger partial charge in [0.25, 0.3) is 0 Å². The fraction of sp³-hybridized carbons (Fsp3) is 1.00. The van der Waals surface area contributed by atoms with Crippen LogP contribution in [-0.4, -0.2) is 24.8 Å². The molecule has 1 aliphatic heterocycles. The highest BCUT2D eigenvalue weighted by atomic mass is 16.5. The summed E-state index contributed by atoms with van der Waals surface area (Å²) in [6.45, 7) is 11.3. The molecule has 0 bridgehead atoms. The quantitative estimate of drug-likeness (QED) is 0.794. The minimum atomic E-state index is 0.0739. The molecule has 2 nitrogen and oxygen atoms in total. The van der Waals surface area contributed by atoms with Gasteiger partial charge in [-0.1, -0.05) is 13.8 Å². The number of nitrogens with one attached hydrogen (secondary N) is 1. The van der Waals surface area contributed by atoms with Gasteiger partial charge in [0.05, 0.1) is 5.60 Å². The van der Waals surface area contributed by atoms with Gasteiger partial charge < -0.3 is 10.1 Å². The van der Waals surface area contributed by atoms with Crippen molar-refractivity contribution in [1.29, 1.82) is 0 Å². The molecule has 2 fully saturated rings. The van der Waals surface area contributed by atoms with Crippen molar-refractivity contribution in [1.82, 2.24) is 5.32 Å². The zero-order valence-electron chi connectivity index (χ0n) is 11.3. The van der Waals surface area contributed by atoms with Crippen LogP contribution in [0.1, 0.15) is 53.4 Å². The molecule has 16 heavy (non-hydrogen) atoms. The van der Waals surface area contributed by atoms with Crippen molar-refractivity contribution in [3.05, 3.63) is 0 Å². The Kier molecular flexibility index (Phi) is 3.33. The molecule has 0 spiro atoms. The van der Waals surface area contributed by atoms with Crippen LogP contribution in [0.3, 0.4) is 0 Å². The number of hydrogen-bond donors (Lipinski definition) is 1. The first-order valence-electron chi connectivity index (χ1n) is 6.81. The summed E-state index contributed by atoms with van der Waals surface area (Å²) in [6.07, 6.45) is 5.17. The third kappa shape index (κ3) is 2.78. The van der Waals surface area contributed by atoms with Crippen molar-refractivity contribution >= 4 is 0 Å². The Morgan fingerprint density at radius 2 is 2.00 bits per heavy atom. The summed E-state index contributed by atoms with van der Waals surface area (Å²) >= 11 is 0. The smallest absolute Gasteiger partial charge is 0.0641 e. The molecule has 1 unspecified atom stereocenters. The summed E-state index contributed by atoms with van der Waals surface area (Å²) in [5.74, 6) is 0.827. The first-order valence-corrected chi connectivity index (χ1v) is 6.81.